The largest absolute Gasteiger partial charge is 0.383 e. The van der Waals surface area contributed by atoms with Gasteiger partial charge in [0.2, 0.25) is 0 Å². The Balaban J connectivity index is 2.22. The van der Waals surface area contributed by atoms with Crippen molar-refractivity contribution in [3.05, 3.63) is 42.2 Å². The average molecular weight is 306 g/mol. The number of anilines is 1. The predicted molar refractivity (Wildman–Crippen MR) is 76.1 cm³/mol. The first-order valence-electron chi connectivity index (χ1n) is 6.10. The molecule has 0 atom stereocenters. The van der Waals surface area contributed by atoms with Crippen LogP contribution in [-0.2, 0) is 21.3 Å². The zero-order chi connectivity index (χ0) is 15.3. The third kappa shape index (κ3) is 3.59. The zero-order valence-electron chi connectivity index (χ0n) is 11.4. The van der Waals surface area contributed by atoms with Crippen LogP contribution in [0.2, 0.25) is 0 Å². The molecular weight excluding hydrogens is 292 g/mol. The minimum absolute atomic E-state index is 0.0582. The van der Waals surface area contributed by atoms with Crippen LogP contribution in [0.3, 0.4) is 0 Å². The SMILES string of the molecule is COCCn1cc(NS(=O)(=O)c2ccccc2C#N)cn1. The number of aromatic nitrogens is 2. The van der Waals surface area contributed by atoms with E-state index in [-0.39, 0.29) is 10.5 Å². The Labute approximate surface area is 122 Å². The van der Waals surface area contributed by atoms with Gasteiger partial charge in [-0.1, -0.05) is 12.1 Å². The lowest BCUT2D eigenvalue weighted by Crippen LogP contribution is -2.14. The summed E-state index contributed by atoms with van der Waals surface area (Å²) in [6.07, 6.45) is 2.97. The molecule has 1 heterocycles. The standard InChI is InChI=1S/C13H14N4O3S/c1-20-7-6-17-10-12(9-15-17)16-21(18,19)13-5-3-2-4-11(13)8-14/h2-5,9-10,16H,6-7H2,1H3. The van der Waals surface area contributed by atoms with E-state index in [9.17, 15) is 8.42 Å². The summed E-state index contributed by atoms with van der Waals surface area (Å²) in [4.78, 5) is -0.0582. The minimum atomic E-state index is -3.82. The highest BCUT2D eigenvalue weighted by Crippen LogP contribution is 2.18. The fourth-order valence-corrected chi connectivity index (χ4v) is 2.91. The molecule has 0 aliphatic heterocycles. The highest BCUT2D eigenvalue weighted by atomic mass is 32.2. The van der Waals surface area contributed by atoms with Gasteiger partial charge in [-0.15, -0.1) is 0 Å². The van der Waals surface area contributed by atoms with Crippen LogP contribution < -0.4 is 4.72 Å². The summed E-state index contributed by atoms with van der Waals surface area (Å²) >= 11 is 0. The van der Waals surface area contributed by atoms with E-state index in [0.717, 1.165) is 0 Å². The van der Waals surface area contributed by atoms with Crippen molar-refractivity contribution < 1.29 is 13.2 Å². The first-order chi connectivity index (χ1) is 10.1. The summed E-state index contributed by atoms with van der Waals surface area (Å²) in [5, 5.41) is 13.0. The van der Waals surface area contributed by atoms with E-state index in [0.29, 0.717) is 18.8 Å². The molecule has 7 nitrogen and oxygen atoms in total. The van der Waals surface area contributed by atoms with Gasteiger partial charge in [-0.25, -0.2) is 8.42 Å². The van der Waals surface area contributed by atoms with Crippen LogP contribution in [0.15, 0.2) is 41.6 Å². The number of ether oxygens (including phenoxy) is 1. The first-order valence-corrected chi connectivity index (χ1v) is 7.58. The van der Waals surface area contributed by atoms with E-state index in [1.54, 1.807) is 30.1 Å². The van der Waals surface area contributed by atoms with Gasteiger partial charge in [0.25, 0.3) is 10.0 Å². The summed E-state index contributed by atoms with van der Waals surface area (Å²) in [7, 11) is -2.25. The fraction of sp³-hybridized carbons (Fsp3) is 0.231. The normalized spacial score (nSPS) is 11.0. The first kappa shape index (κ1) is 15.0. The molecule has 1 N–H and O–H groups in total. The summed E-state index contributed by atoms with van der Waals surface area (Å²) < 4.78 is 33.5. The smallest absolute Gasteiger partial charge is 0.263 e. The predicted octanol–water partition coefficient (Wildman–Crippen LogP) is 1.20. The van der Waals surface area contributed by atoms with Crippen LogP contribution in [0.4, 0.5) is 5.69 Å². The monoisotopic (exact) mass is 306 g/mol. The molecule has 0 saturated carbocycles. The molecule has 1 aromatic carbocycles. The molecule has 0 unspecified atom stereocenters. The van der Waals surface area contributed by atoms with E-state index < -0.39 is 10.0 Å². The summed E-state index contributed by atoms with van der Waals surface area (Å²) in [6.45, 7) is 0.998. The Morgan fingerprint density at radius 1 is 1.43 bits per heavy atom. The fourth-order valence-electron chi connectivity index (χ4n) is 1.73. The third-order valence-electron chi connectivity index (χ3n) is 2.71. The summed E-state index contributed by atoms with van der Waals surface area (Å²) in [6, 6.07) is 7.88. The average Bonchev–Trinajstić information content (AvgIpc) is 2.91. The lowest BCUT2D eigenvalue weighted by molar-refractivity contribution is 0.183. The molecule has 0 bridgehead atoms. The molecule has 0 fully saturated rings. The quantitative estimate of drug-likeness (QED) is 0.865. The molecule has 0 aliphatic carbocycles. The lowest BCUT2D eigenvalue weighted by Gasteiger charge is -2.07. The summed E-state index contributed by atoms with van der Waals surface area (Å²) in [5.41, 5.74) is 0.427. The second-order valence-electron chi connectivity index (χ2n) is 4.20. The molecule has 21 heavy (non-hydrogen) atoms. The Kier molecular flexibility index (Phi) is 4.57. The van der Waals surface area contributed by atoms with E-state index in [4.69, 9.17) is 10.00 Å². The number of nitriles is 1. The van der Waals surface area contributed by atoms with Crippen molar-refractivity contribution in [3.8, 4) is 6.07 Å². The van der Waals surface area contributed by atoms with Gasteiger partial charge in [0.1, 0.15) is 11.0 Å². The van der Waals surface area contributed by atoms with Crippen molar-refractivity contribution in [3.63, 3.8) is 0 Å². The van der Waals surface area contributed by atoms with E-state index in [2.05, 4.69) is 9.82 Å². The second kappa shape index (κ2) is 6.39. The van der Waals surface area contributed by atoms with Gasteiger partial charge in [-0.2, -0.15) is 10.4 Å². The van der Waals surface area contributed by atoms with Gasteiger partial charge in [0, 0.05) is 13.3 Å². The maximum absolute atomic E-state index is 12.3. The summed E-state index contributed by atoms with van der Waals surface area (Å²) in [5.74, 6) is 0. The minimum Gasteiger partial charge on any atom is -0.383 e. The number of methoxy groups -OCH3 is 1. The Morgan fingerprint density at radius 3 is 2.90 bits per heavy atom. The number of benzene rings is 1. The van der Waals surface area contributed by atoms with E-state index >= 15 is 0 Å². The number of nitrogens with zero attached hydrogens (tertiary/aromatic N) is 3. The number of hydrogen-bond donors (Lipinski definition) is 1. The highest BCUT2D eigenvalue weighted by Gasteiger charge is 2.18. The van der Waals surface area contributed by atoms with Gasteiger partial charge >= 0.3 is 0 Å². The molecule has 0 aliphatic rings. The van der Waals surface area contributed by atoms with Gasteiger partial charge in [0.05, 0.1) is 30.6 Å². The second-order valence-corrected chi connectivity index (χ2v) is 5.85. The molecule has 0 saturated heterocycles. The number of sulfonamides is 1. The van der Waals surface area contributed by atoms with Gasteiger partial charge in [-0.3, -0.25) is 9.40 Å². The van der Waals surface area contributed by atoms with E-state index in [1.165, 1.54) is 18.3 Å². The number of hydrogen-bond acceptors (Lipinski definition) is 5. The van der Waals surface area contributed by atoms with Crippen molar-refractivity contribution in [2.45, 2.75) is 11.4 Å². The Bertz CT molecular complexity index is 762. The number of rotatable bonds is 6. The van der Waals surface area contributed by atoms with Gasteiger partial charge < -0.3 is 4.74 Å². The maximum atomic E-state index is 12.3. The van der Waals surface area contributed by atoms with E-state index in [1.807, 2.05) is 6.07 Å². The van der Waals surface area contributed by atoms with Gasteiger partial charge in [-0.05, 0) is 12.1 Å². The lowest BCUT2D eigenvalue weighted by atomic mass is 10.2. The van der Waals surface area contributed by atoms with Crippen LogP contribution in [0.5, 0.6) is 0 Å². The van der Waals surface area contributed by atoms with Crippen molar-refractivity contribution in [2.75, 3.05) is 18.4 Å². The molecule has 1 aromatic heterocycles. The Hall–Kier alpha value is -2.37. The van der Waals surface area contributed by atoms with Crippen molar-refractivity contribution >= 4 is 15.7 Å². The number of nitrogens with one attached hydrogen (secondary N) is 1. The topological polar surface area (TPSA) is 97.0 Å². The molecule has 0 amide bonds. The molecule has 110 valence electrons. The molecule has 0 spiro atoms. The molecule has 8 heteroatoms. The van der Waals surface area contributed by atoms with Crippen molar-refractivity contribution in [1.82, 2.24) is 9.78 Å². The van der Waals surface area contributed by atoms with Crippen LogP contribution in [-0.4, -0.2) is 31.9 Å². The van der Waals surface area contributed by atoms with Gasteiger partial charge in [0.15, 0.2) is 0 Å². The van der Waals surface area contributed by atoms with Crippen LogP contribution in [0, 0.1) is 11.3 Å². The van der Waals surface area contributed by atoms with Crippen molar-refractivity contribution in [1.29, 1.82) is 5.26 Å². The highest BCUT2D eigenvalue weighted by molar-refractivity contribution is 7.92. The molecule has 0 radical (unpaired) electrons. The van der Waals surface area contributed by atoms with Crippen LogP contribution in [0.25, 0.3) is 0 Å². The van der Waals surface area contributed by atoms with Crippen LogP contribution in [0.1, 0.15) is 5.56 Å². The van der Waals surface area contributed by atoms with Crippen molar-refractivity contribution in [2.24, 2.45) is 0 Å². The molecule has 2 aromatic rings. The molecular formula is C13H14N4O3S. The van der Waals surface area contributed by atoms with Crippen LogP contribution >= 0.6 is 0 Å². The maximum Gasteiger partial charge on any atom is 0.263 e. The molecule has 2 rings (SSSR count). The third-order valence-corrected chi connectivity index (χ3v) is 4.15. The Morgan fingerprint density at radius 2 is 2.19 bits per heavy atom. The zero-order valence-corrected chi connectivity index (χ0v) is 12.2.